The van der Waals surface area contributed by atoms with Gasteiger partial charge in [0.05, 0.1) is 0 Å². The zero-order valence-electron chi connectivity index (χ0n) is 6.95. The van der Waals surface area contributed by atoms with Gasteiger partial charge in [0.2, 0.25) is 0 Å². The summed E-state index contributed by atoms with van der Waals surface area (Å²) in [7, 11) is -2.53. The second-order valence-electron chi connectivity index (χ2n) is 3.02. The van der Waals surface area contributed by atoms with Crippen LogP contribution in [0.3, 0.4) is 0 Å². The molecule has 0 saturated carbocycles. The molecule has 0 aromatic heterocycles. The molecule has 4 heteroatoms. The van der Waals surface area contributed by atoms with Crippen LogP contribution in [0.15, 0.2) is 4.99 Å². The van der Waals surface area contributed by atoms with Crippen LogP contribution >= 0.6 is 10.6 Å². The third-order valence-corrected chi connectivity index (χ3v) is 4.18. The van der Waals surface area contributed by atoms with Crippen LogP contribution in [0.5, 0.6) is 0 Å². The Morgan fingerprint density at radius 2 is 2.09 bits per heavy atom. The standard InChI is InChI=1S/C7H15NO2S/c1-6(2)11(9,10)7-4-3-5-8-7/h6,9-10H,3-5H2,1-2H3. The van der Waals surface area contributed by atoms with E-state index >= 15 is 0 Å². The van der Waals surface area contributed by atoms with Crippen LogP contribution in [-0.2, 0) is 0 Å². The van der Waals surface area contributed by atoms with Gasteiger partial charge in [0.25, 0.3) is 0 Å². The number of hydrogen-bond acceptors (Lipinski definition) is 3. The molecular formula is C7H15NO2S. The summed E-state index contributed by atoms with van der Waals surface area (Å²) in [5, 5.41) is 0.534. The Kier molecular flexibility index (Phi) is 2.57. The zero-order valence-corrected chi connectivity index (χ0v) is 7.77. The molecule has 0 bridgehead atoms. The van der Waals surface area contributed by atoms with Crippen molar-refractivity contribution in [2.75, 3.05) is 6.54 Å². The molecule has 2 N–H and O–H groups in total. The van der Waals surface area contributed by atoms with Gasteiger partial charge in [-0.3, -0.25) is 14.1 Å². The molecule has 1 rings (SSSR count). The molecule has 0 amide bonds. The van der Waals surface area contributed by atoms with Gasteiger partial charge in [0.1, 0.15) is 5.04 Å². The first-order chi connectivity index (χ1) is 5.05. The quantitative estimate of drug-likeness (QED) is 0.646. The Balaban J connectivity index is 2.70. The van der Waals surface area contributed by atoms with Crippen molar-refractivity contribution in [1.29, 1.82) is 0 Å². The van der Waals surface area contributed by atoms with Crippen LogP contribution in [0.4, 0.5) is 0 Å². The summed E-state index contributed by atoms with van der Waals surface area (Å²) in [6, 6.07) is 0. The van der Waals surface area contributed by atoms with Gasteiger partial charge in [-0.1, -0.05) is 0 Å². The molecule has 1 aliphatic heterocycles. The van der Waals surface area contributed by atoms with Crippen molar-refractivity contribution in [2.45, 2.75) is 31.9 Å². The maximum Gasteiger partial charge on any atom is 0.118 e. The highest BCUT2D eigenvalue weighted by molar-refractivity contribution is 8.37. The van der Waals surface area contributed by atoms with Gasteiger partial charge in [-0.15, -0.1) is 0 Å². The SMILES string of the molecule is CC(C)S(O)(O)C1=NCCC1. The number of hydrogen-bond donors (Lipinski definition) is 2. The van der Waals surface area contributed by atoms with Crippen LogP contribution in [0.2, 0.25) is 0 Å². The van der Waals surface area contributed by atoms with E-state index in [-0.39, 0.29) is 5.25 Å². The van der Waals surface area contributed by atoms with Crippen LogP contribution in [0.25, 0.3) is 0 Å². The topological polar surface area (TPSA) is 52.8 Å². The Bertz CT molecular complexity index is 177. The monoisotopic (exact) mass is 177 g/mol. The van der Waals surface area contributed by atoms with E-state index in [4.69, 9.17) is 0 Å². The Hall–Kier alpha value is -0.0600. The van der Waals surface area contributed by atoms with Crippen LogP contribution in [0.1, 0.15) is 26.7 Å². The Morgan fingerprint density at radius 1 is 1.45 bits per heavy atom. The highest BCUT2D eigenvalue weighted by Gasteiger charge is 2.25. The Morgan fingerprint density at radius 3 is 2.45 bits per heavy atom. The molecule has 0 atom stereocenters. The summed E-state index contributed by atoms with van der Waals surface area (Å²) < 4.78 is 19.2. The van der Waals surface area contributed by atoms with E-state index in [9.17, 15) is 9.11 Å². The second kappa shape index (κ2) is 3.13. The molecule has 11 heavy (non-hydrogen) atoms. The molecule has 3 nitrogen and oxygen atoms in total. The second-order valence-corrected chi connectivity index (χ2v) is 5.62. The predicted octanol–water partition coefficient (Wildman–Crippen LogP) is 2.34. The van der Waals surface area contributed by atoms with Gasteiger partial charge in [0, 0.05) is 18.2 Å². The van der Waals surface area contributed by atoms with E-state index in [2.05, 4.69) is 4.99 Å². The fourth-order valence-corrected chi connectivity index (χ4v) is 2.30. The fraction of sp³-hybridized carbons (Fsp3) is 0.857. The van der Waals surface area contributed by atoms with Gasteiger partial charge in [-0.2, -0.15) is 10.6 Å². The van der Waals surface area contributed by atoms with E-state index in [0.717, 1.165) is 19.4 Å². The maximum atomic E-state index is 9.60. The molecule has 0 aromatic rings. The fourth-order valence-electron chi connectivity index (χ4n) is 1.03. The summed E-state index contributed by atoms with van der Waals surface area (Å²) in [5.41, 5.74) is 0. The highest BCUT2D eigenvalue weighted by Crippen LogP contribution is 2.47. The van der Waals surface area contributed by atoms with Crippen molar-refractivity contribution in [1.82, 2.24) is 0 Å². The van der Waals surface area contributed by atoms with Crippen molar-refractivity contribution < 1.29 is 9.11 Å². The molecular weight excluding hydrogens is 162 g/mol. The van der Waals surface area contributed by atoms with Gasteiger partial charge in [0.15, 0.2) is 0 Å². The summed E-state index contributed by atoms with van der Waals surface area (Å²) in [5.74, 6) is 0. The summed E-state index contributed by atoms with van der Waals surface area (Å²) in [6.07, 6.45) is 1.73. The summed E-state index contributed by atoms with van der Waals surface area (Å²) in [6.45, 7) is 4.39. The smallest absolute Gasteiger partial charge is 0.118 e. The minimum Gasteiger partial charge on any atom is -0.294 e. The van der Waals surface area contributed by atoms with E-state index in [0.29, 0.717) is 5.04 Å². The minimum atomic E-state index is -2.53. The van der Waals surface area contributed by atoms with E-state index in [1.165, 1.54) is 0 Å². The largest absolute Gasteiger partial charge is 0.294 e. The number of rotatable bonds is 1. The van der Waals surface area contributed by atoms with Crippen molar-refractivity contribution >= 4 is 15.6 Å². The lowest BCUT2D eigenvalue weighted by molar-refractivity contribution is 0.493. The third-order valence-electron chi connectivity index (χ3n) is 1.84. The minimum absolute atomic E-state index is 0.0978. The first-order valence-corrected chi connectivity index (χ1v) is 5.46. The van der Waals surface area contributed by atoms with Crippen molar-refractivity contribution in [3.05, 3.63) is 0 Å². The highest BCUT2D eigenvalue weighted by atomic mass is 32.3. The maximum absolute atomic E-state index is 9.60. The normalized spacial score (nSPS) is 20.6. The molecule has 1 heterocycles. The summed E-state index contributed by atoms with van der Waals surface area (Å²) >= 11 is 0. The average Bonchev–Trinajstić information content (AvgIpc) is 2.37. The Labute approximate surface area is 68.9 Å². The summed E-state index contributed by atoms with van der Waals surface area (Å²) in [4.78, 5) is 4.08. The lowest BCUT2D eigenvalue weighted by Gasteiger charge is -2.36. The first kappa shape index (κ1) is 9.03. The van der Waals surface area contributed by atoms with Gasteiger partial charge in [-0.05, 0) is 20.3 Å². The molecule has 1 aliphatic rings. The molecule has 0 fully saturated rings. The zero-order chi connectivity index (χ0) is 8.48. The third kappa shape index (κ3) is 1.75. The number of nitrogens with zero attached hydrogens (tertiary/aromatic N) is 1. The molecule has 0 aliphatic carbocycles. The van der Waals surface area contributed by atoms with E-state index < -0.39 is 10.6 Å². The molecule has 0 unspecified atom stereocenters. The van der Waals surface area contributed by atoms with E-state index in [1.54, 1.807) is 0 Å². The lowest BCUT2D eigenvalue weighted by atomic mass is 10.4. The molecule has 0 radical (unpaired) electrons. The van der Waals surface area contributed by atoms with Gasteiger partial charge in [-0.25, -0.2) is 0 Å². The van der Waals surface area contributed by atoms with Gasteiger partial charge < -0.3 is 0 Å². The predicted molar refractivity (Wildman–Crippen MR) is 49.5 cm³/mol. The molecule has 0 spiro atoms. The van der Waals surface area contributed by atoms with Crippen molar-refractivity contribution in [3.63, 3.8) is 0 Å². The van der Waals surface area contributed by atoms with Gasteiger partial charge >= 0.3 is 0 Å². The van der Waals surface area contributed by atoms with Crippen LogP contribution < -0.4 is 0 Å². The molecule has 66 valence electrons. The number of aliphatic imine (C=N–C) groups is 1. The van der Waals surface area contributed by atoms with Crippen LogP contribution in [-0.4, -0.2) is 25.9 Å². The first-order valence-electron chi connectivity index (χ1n) is 3.85. The van der Waals surface area contributed by atoms with E-state index in [1.807, 2.05) is 13.8 Å². The van der Waals surface area contributed by atoms with Crippen LogP contribution in [0, 0.1) is 0 Å². The average molecular weight is 177 g/mol. The van der Waals surface area contributed by atoms with Crippen molar-refractivity contribution in [3.8, 4) is 0 Å². The molecule has 0 aromatic carbocycles. The molecule has 0 saturated heterocycles. The lowest BCUT2D eigenvalue weighted by Crippen LogP contribution is -2.18. The van der Waals surface area contributed by atoms with Crippen molar-refractivity contribution in [2.24, 2.45) is 4.99 Å².